The van der Waals surface area contributed by atoms with E-state index in [1.54, 1.807) is 11.8 Å². The molecule has 0 aliphatic heterocycles. The number of rotatable bonds is 8. The van der Waals surface area contributed by atoms with Crippen LogP contribution in [-0.2, 0) is 4.79 Å². The van der Waals surface area contributed by atoms with Crippen molar-refractivity contribution in [2.45, 2.75) is 93.8 Å². The van der Waals surface area contributed by atoms with E-state index in [-0.39, 0.29) is 23.9 Å². The molecular formula is C26H37N3O4S. The lowest BCUT2D eigenvalue weighted by atomic mass is 9.52. The Hall–Kier alpha value is -1.80. The average Bonchev–Trinajstić information content (AvgIpc) is 2.79. The zero-order valence-corrected chi connectivity index (χ0v) is 20.8. The van der Waals surface area contributed by atoms with Crippen molar-refractivity contribution in [3.05, 3.63) is 17.7 Å². The Labute approximate surface area is 205 Å². The van der Waals surface area contributed by atoms with Gasteiger partial charge in [-0.3, -0.25) is 9.59 Å². The summed E-state index contributed by atoms with van der Waals surface area (Å²) in [4.78, 5) is 29.4. The molecule has 34 heavy (non-hydrogen) atoms. The molecule has 2 unspecified atom stereocenters. The van der Waals surface area contributed by atoms with E-state index in [1.807, 2.05) is 12.1 Å². The molecule has 0 saturated heterocycles. The van der Waals surface area contributed by atoms with Gasteiger partial charge in [0.15, 0.2) is 0 Å². The zero-order valence-electron chi connectivity index (χ0n) is 20.0. The molecule has 8 heteroatoms. The van der Waals surface area contributed by atoms with Gasteiger partial charge >= 0.3 is 5.97 Å². The van der Waals surface area contributed by atoms with Crippen LogP contribution in [0.3, 0.4) is 0 Å². The lowest BCUT2D eigenvalue weighted by Gasteiger charge is -2.58. The highest BCUT2D eigenvalue weighted by molar-refractivity contribution is 7.99. The summed E-state index contributed by atoms with van der Waals surface area (Å²) < 4.78 is 0. The Balaban J connectivity index is 1.26. The number of carboxylic acids is 1. The Morgan fingerprint density at radius 1 is 1.12 bits per heavy atom. The topological polar surface area (TPSA) is 112 Å². The van der Waals surface area contributed by atoms with Crippen molar-refractivity contribution in [2.24, 2.45) is 23.7 Å². The summed E-state index contributed by atoms with van der Waals surface area (Å²) in [6, 6.07) is 4.13. The third-order valence-electron chi connectivity index (χ3n) is 8.51. The third kappa shape index (κ3) is 4.94. The highest BCUT2D eigenvalue weighted by atomic mass is 32.2. The van der Waals surface area contributed by atoms with Gasteiger partial charge in [0, 0.05) is 12.1 Å². The Morgan fingerprint density at radius 3 is 2.44 bits per heavy atom. The maximum Gasteiger partial charge on any atom is 0.306 e. The van der Waals surface area contributed by atoms with Gasteiger partial charge in [0.1, 0.15) is 10.8 Å². The van der Waals surface area contributed by atoms with Crippen molar-refractivity contribution >= 4 is 29.5 Å². The molecule has 5 aliphatic carbocycles. The van der Waals surface area contributed by atoms with Gasteiger partial charge in [-0.1, -0.05) is 6.92 Å². The highest BCUT2D eigenvalue weighted by Gasteiger charge is 2.55. The maximum atomic E-state index is 13.4. The minimum Gasteiger partial charge on any atom is -0.481 e. The van der Waals surface area contributed by atoms with E-state index in [4.69, 9.17) is 4.98 Å². The van der Waals surface area contributed by atoms with Crippen LogP contribution in [0.25, 0.3) is 0 Å². The molecule has 0 aromatic carbocycles. The molecule has 1 aromatic heterocycles. The van der Waals surface area contributed by atoms with Crippen molar-refractivity contribution in [1.29, 1.82) is 0 Å². The molecule has 0 spiro atoms. The standard InChI is InChI=1S/C26H37N3O4S/c1-2-9-34-24-20(7-8-21(28-24)27-19-5-3-16(4-6-19)25(31)32)23(30)29-22-17-10-15-11-18(22)14-26(33,12-15)13-17/h7-8,15-19,22,33H,2-6,9-14H2,1H3,(H,27,28)(H,29,30)(H,31,32)/t15?,16?,17?,18?,19?,22-,26+. The Bertz CT molecular complexity index is 917. The summed E-state index contributed by atoms with van der Waals surface area (Å²) in [5.74, 6) is 2.03. The Kier molecular flexibility index (Phi) is 6.81. The number of carbonyl (C=O) groups excluding carboxylic acids is 1. The van der Waals surface area contributed by atoms with Gasteiger partial charge in [0.05, 0.1) is 17.1 Å². The first kappa shape index (κ1) is 23.9. The second-order valence-corrected chi connectivity index (χ2v) is 12.2. The van der Waals surface area contributed by atoms with E-state index in [0.717, 1.165) is 68.0 Å². The summed E-state index contributed by atoms with van der Waals surface area (Å²) >= 11 is 1.62. The molecule has 1 amide bonds. The van der Waals surface area contributed by atoms with Gasteiger partial charge in [-0.25, -0.2) is 4.98 Å². The number of aliphatic carboxylic acids is 1. The van der Waals surface area contributed by atoms with Crippen molar-refractivity contribution in [3.63, 3.8) is 0 Å². The van der Waals surface area contributed by atoms with Gasteiger partial charge in [-0.2, -0.15) is 0 Å². The van der Waals surface area contributed by atoms with Crippen LogP contribution in [0.5, 0.6) is 0 Å². The lowest BCUT2D eigenvalue weighted by molar-refractivity contribution is -0.142. The quantitative estimate of drug-likeness (QED) is 0.404. The molecule has 186 valence electrons. The van der Waals surface area contributed by atoms with E-state index in [2.05, 4.69) is 17.6 Å². The number of hydrogen-bond acceptors (Lipinski definition) is 6. The first-order chi connectivity index (χ1) is 16.3. The van der Waals surface area contributed by atoms with Crippen LogP contribution in [0, 0.1) is 23.7 Å². The normalized spacial score (nSPS) is 36.3. The van der Waals surface area contributed by atoms with Crippen LogP contribution >= 0.6 is 11.8 Å². The van der Waals surface area contributed by atoms with Crippen LogP contribution in [0.4, 0.5) is 5.82 Å². The van der Waals surface area contributed by atoms with E-state index in [9.17, 15) is 19.8 Å². The molecule has 5 saturated carbocycles. The van der Waals surface area contributed by atoms with Crippen LogP contribution < -0.4 is 10.6 Å². The fourth-order valence-electron chi connectivity index (χ4n) is 7.14. The number of amides is 1. The van der Waals surface area contributed by atoms with Crippen LogP contribution in [0.2, 0.25) is 0 Å². The summed E-state index contributed by atoms with van der Waals surface area (Å²) in [6.45, 7) is 2.12. The van der Waals surface area contributed by atoms with Gasteiger partial charge in [0.2, 0.25) is 0 Å². The summed E-state index contributed by atoms with van der Waals surface area (Å²) in [7, 11) is 0. The molecule has 6 rings (SSSR count). The van der Waals surface area contributed by atoms with Crippen molar-refractivity contribution in [2.75, 3.05) is 11.1 Å². The molecule has 2 atom stereocenters. The van der Waals surface area contributed by atoms with Gasteiger partial charge in [-0.05, 0) is 99.8 Å². The molecule has 4 N–H and O–H groups in total. The summed E-state index contributed by atoms with van der Waals surface area (Å²) in [6.07, 6.45) is 8.80. The highest BCUT2D eigenvalue weighted by Crippen LogP contribution is 2.55. The largest absolute Gasteiger partial charge is 0.481 e. The van der Waals surface area contributed by atoms with Crippen LogP contribution in [0.15, 0.2) is 17.2 Å². The minimum absolute atomic E-state index is 0.0518. The first-order valence-electron chi connectivity index (χ1n) is 13.0. The predicted molar refractivity (Wildman–Crippen MR) is 132 cm³/mol. The number of anilines is 1. The molecule has 1 aromatic rings. The third-order valence-corrected chi connectivity index (χ3v) is 9.71. The van der Waals surface area contributed by atoms with E-state index in [1.165, 1.54) is 0 Å². The van der Waals surface area contributed by atoms with Crippen LogP contribution in [-0.4, -0.2) is 50.5 Å². The predicted octanol–water partition coefficient (Wildman–Crippen LogP) is 4.31. The molecule has 5 aliphatic rings. The second kappa shape index (κ2) is 9.69. The minimum atomic E-state index is -0.696. The summed E-state index contributed by atoms with van der Waals surface area (Å²) in [5, 5.41) is 27.7. The number of carboxylic acid groups (broad SMARTS) is 1. The molecule has 7 nitrogen and oxygen atoms in total. The fourth-order valence-corrected chi connectivity index (χ4v) is 8.02. The smallest absolute Gasteiger partial charge is 0.306 e. The lowest BCUT2D eigenvalue weighted by Crippen LogP contribution is -2.61. The molecule has 1 heterocycles. The number of pyridine rings is 1. The van der Waals surface area contributed by atoms with E-state index >= 15 is 0 Å². The monoisotopic (exact) mass is 487 g/mol. The number of aromatic nitrogens is 1. The van der Waals surface area contributed by atoms with Gasteiger partial charge in [0.25, 0.3) is 5.91 Å². The van der Waals surface area contributed by atoms with Crippen LogP contribution in [0.1, 0.15) is 81.5 Å². The van der Waals surface area contributed by atoms with Crippen molar-refractivity contribution < 1.29 is 19.8 Å². The van der Waals surface area contributed by atoms with Gasteiger partial charge in [-0.15, -0.1) is 11.8 Å². The number of thioether (sulfide) groups is 1. The first-order valence-corrected chi connectivity index (χ1v) is 14.0. The fraction of sp³-hybridized carbons (Fsp3) is 0.731. The maximum absolute atomic E-state index is 13.4. The summed E-state index contributed by atoms with van der Waals surface area (Å²) in [5.41, 5.74) is 0.129. The van der Waals surface area contributed by atoms with Crippen molar-refractivity contribution in [3.8, 4) is 0 Å². The zero-order chi connectivity index (χ0) is 23.9. The average molecular weight is 488 g/mol. The SMILES string of the molecule is CCCSc1nc(NC2CCC(C(=O)O)CC2)ccc1C(=O)N[C@H]1C2CC3CC1C[C@@](O)(C3)C2. The molecule has 0 radical (unpaired) electrons. The molecular weight excluding hydrogens is 450 g/mol. The number of aliphatic hydroxyl groups is 1. The number of nitrogens with zero attached hydrogens (tertiary/aromatic N) is 1. The number of carbonyl (C=O) groups is 2. The molecule has 4 bridgehead atoms. The number of hydrogen-bond donors (Lipinski definition) is 4. The second-order valence-electron chi connectivity index (χ2n) is 11.1. The number of nitrogens with one attached hydrogen (secondary N) is 2. The molecule has 5 fully saturated rings. The van der Waals surface area contributed by atoms with Gasteiger partial charge < -0.3 is 20.8 Å². The van der Waals surface area contributed by atoms with Crippen molar-refractivity contribution in [1.82, 2.24) is 10.3 Å². The van der Waals surface area contributed by atoms with E-state index in [0.29, 0.717) is 36.2 Å². The van der Waals surface area contributed by atoms with E-state index < -0.39 is 11.6 Å². The Morgan fingerprint density at radius 2 is 1.82 bits per heavy atom.